The summed E-state index contributed by atoms with van der Waals surface area (Å²) in [4.78, 5) is 39.2. The normalized spacial score (nSPS) is 10.8. The molecule has 1 aromatic carbocycles. The van der Waals surface area contributed by atoms with E-state index in [0.29, 0.717) is 5.52 Å². The molecule has 18 heavy (non-hydrogen) atoms. The standard InChI is InChI=1S/C12H12N2O4/c1-6(2)18-11(16)7-4-3-5-8-9(7)10(15)14-12(17)13-8/h3-6H,1-2H3,(H2,13,14,15,17). The third kappa shape index (κ3) is 2.17. The molecule has 2 rings (SSSR count). The quantitative estimate of drug-likeness (QED) is 0.768. The van der Waals surface area contributed by atoms with Crippen molar-refractivity contribution in [2.24, 2.45) is 0 Å². The third-order valence-electron chi connectivity index (χ3n) is 2.33. The summed E-state index contributed by atoms with van der Waals surface area (Å²) < 4.78 is 5.05. The Kier molecular flexibility index (Phi) is 3.01. The van der Waals surface area contributed by atoms with Crippen molar-refractivity contribution in [1.29, 1.82) is 0 Å². The summed E-state index contributed by atoms with van der Waals surface area (Å²) in [6.45, 7) is 3.43. The molecule has 0 atom stereocenters. The summed E-state index contributed by atoms with van der Waals surface area (Å²) in [6.07, 6.45) is -0.283. The zero-order valence-electron chi connectivity index (χ0n) is 9.94. The lowest BCUT2D eigenvalue weighted by Crippen LogP contribution is -2.24. The Bertz CT molecular complexity index is 712. The molecular formula is C12H12N2O4. The zero-order valence-corrected chi connectivity index (χ0v) is 9.94. The summed E-state index contributed by atoms with van der Waals surface area (Å²) >= 11 is 0. The Morgan fingerprint density at radius 2 is 1.94 bits per heavy atom. The van der Waals surface area contributed by atoms with Crippen molar-refractivity contribution < 1.29 is 9.53 Å². The molecule has 0 aliphatic carbocycles. The highest BCUT2D eigenvalue weighted by Crippen LogP contribution is 2.13. The second kappa shape index (κ2) is 4.48. The van der Waals surface area contributed by atoms with Crippen LogP contribution in [0.2, 0.25) is 0 Å². The van der Waals surface area contributed by atoms with E-state index in [1.165, 1.54) is 6.07 Å². The molecule has 0 saturated carbocycles. The Morgan fingerprint density at radius 3 is 2.61 bits per heavy atom. The van der Waals surface area contributed by atoms with E-state index in [1.807, 2.05) is 0 Å². The van der Waals surface area contributed by atoms with E-state index in [-0.39, 0.29) is 17.1 Å². The van der Waals surface area contributed by atoms with Gasteiger partial charge in [-0.1, -0.05) is 6.07 Å². The molecule has 0 amide bonds. The lowest BCUT2D eigenvalue weighted by Gasteiger charge is -2.09. The molecule has 0 aliphatic heterocycles. The number of nitrogens with one attached hydrogen (secondary N) is 2. The highest BCUT2D eigenvalue weighted by atomic mass is 16.5. The third-order valence-corrected chi connectivity index (χ3v) is 2.33. The van der Waals surface area contributed by atoms with Crippen molar-refractivity contribution in [3.8, 4) is 0 Å². The molecule has 2 N–H and O–H groups in total. The number of hydrogen-bond donors (Lipinski definition) is 2. The summed E-state index contributed by atoms with van der Waals surface area (Å²) in [7, 11) is 0. The summed E-state index contributed by atoms with van der Waals surface area (Å²) in [5.41, 5.74) is -0.771. The topological polar surface area (TPSA) is 92.0 Å². The SMILES string of the molecule is CC(C)OC(=O)c1cccc2[nH]c(=O)[nH]c(=O)c12. The minimum absolute atomic E-state index is 0.128. The maximum absolute atomic E-state index is 11.8. The summed E-state index contributed by atoms with van der Waals surface area (Å²) in [5.74, 6) is -0.590. The number of esters is 1. The van der Waals surface area contributed by atoms with Gasteiger partial charge < -0.3 is 9.72 Å². The number of H-pyrrole nitrogens is 2. The first-order valence-corrected chi connectivity index (χ1v) is 5.45. The number of carbonyl (C=O) groups is 1. The first-order chi connectivity index (χ1) is 8.49. The number of aromatic amines is 2. The minimum Gasteiger partial charge on any atom is -0.459 e. The fourth-order valence-electron chi connectivity index (χ4n) is 1.67. The molecule has 0 saturated heterocycles. The van der Waals surface area contributed by atoms with Gasteiger partial charge in [0.25, 0.3) is 5.56 Å². The number of hydrogen-bond acceptors (Lipinski definition) is 4. The van der Waals surface area contributed by atoms with E-state index in [2.05, 4.69) is 9.97 Å². The monoisotopic (exact) mass is 248 g/mol. The van der Waals surface area contributed by atoms with Gasteiger partial charge in [0, 0.05) is 0 Å². The van der Waals surface area contributed by atoms with E-state index >= 15 is 0 Å². The molecule has 6 heteroatoms. The Labute approximate surface area is 102 Å². The molecular weight excluding hydrogens is 236 g/mol. The van der Waals surface area contributed by atoms with Crippen LogP contribution in [-0.4, -0.2) is 22.0 Å². The Balaban J connectivity index is 2.69. The molecule has 1 heterocycles. The minimum atomic E-state index is -0.609. The van der Waals surface area contributed by atoms with Gasteiger partial charge in [-0.05, 0) is 26.0 Å². The summed E-state index contributed by atoms with van der Waals surface area (Å²) in [6, 6.07) is 4.62. The smallest absolute Gasteiger partial charge is 0.339 e. The lowest BCUT2D eigenvalue weighted by atomic mass is 10.1. The van der Waals surface area contributed by atoms with Crippen molar-refractivity contribution in [1.82, 2.24) is 9.97 Å². The molecule has 0 spiro atoms. The highest BCUT2D eigenvalue weighted by Gasteiger charge is 2.15. The predicted octanol–water partition coefficient (Wildman–Crippen LogP) is 0.782. The van der Waals surface area contributed by atoms with E-state index in [0.717, 1.165) is 0 Å². The van der Waals surface area contributed by atoms with Crippen LogP contribution in [0.1, 0.15) is 24.2 Å². The maximum atomic E-state index is 11.8. The van der Waals surface area contributed by atoms with Crippen molar-refractivity contribution in [2.45, 2.75) is 20.0 Å². The van der Waals surface area contributed by atoms with Crippen LogP contribution in [0.4, 0.5) is 0 Å². The molecule has 0 fully saturated rings. The van der Waals surface area contributed by atoms with E-state index in [4.69, 9.17) is 4.74 Å². The van der Waals surface area contributed by atoms with Crippen LogP contribution in [0.3, 0.4) is 0 Å². The largest absolute Gasteiger partial charge is 0.459 e. The van der Waals surface area contributed by atoms with Crippen LogP contribution in [0.5, 0.6) is 0 Å². The van der Waals surface area contributed by atoms with Gasteiger partial charge in [0.2, 0.25) is 0 Å². The zero-order chi connectivity index (χ0) is 13.3. The van der Waals surface area contributed by atoms with Crippen LogP contribution in [0.15, 0.2) is 27.8 Å². The van der Waals surface area contributed by atoms with Gasteiger partial charge in [0.1, 0.15) is 0 Å². The predicted molar refractivity (Wildman–Crippen MR) is 65.7 cm³/mol. The van der Waals surface area contributed by atoms with Crippen molar-refractivity contribution in [3.63, 3.8) is 0 Å². The van der Waals surface area contributed by atoms with Crippen LogP contribution in [0, 0.1) is 0 Å². The van der Waals surface area contributed by atoms with Gasteiger partial charge in [0.15, 0.2) is 0 Å². The average Bonchev–Trinajstić information content (AvgIpc) is 2.26. The summed E-state index contributed by atoms with van der Waals surface area (Å²) in [5, 5.41) is 0.128. The highest BCUT2D eigenvalue weighted by molar-refractivity contribution is 6.03. The van der Waals surface area contributed by atoms with Crippen molar-refractivity contribution in [3.05, 3.63) is 44.6 Å². The molecule has 0 aliphatic rings. The molecule has 0 bridgehead atoms. The second-order valence-corrected chi connectivity index (χ2v) is 4.09. The average molecular weight is 248 g/mol. The number of benzene rings is 1. The van der Waals surface area contributed by atoms with Crippen LogP contribution >= 0.6 is 0 Å². The van der Waals surface area contributed by atoms with E-state index in [1.54, 1.807) is 26.0 Å². The lowest BCUT2D eigenvalue weighted by molar-refractivity contribution is 0.0380. The fourth-order valence-corrected chi connectivity index (χ4v) is 1.67. The van der Waals surface area contributed by atoms with Gasteiger partial charge in [-0.15, -0.1) is 0 Å². The number of carbonyl (C=O) groups excluding carboxylic acids is 1. The van der Waals surface area contributed by atoms with Gasteiger partial charge >= 0.3 is 11.7 Å². The van der Waals surface area contributed by atoms with Gasteiger partial charge in [0.05, 0.1) is 22.6 Å². The first kappa shape index (κ1) is 12.1. The van der Waals surface area contributed by atoms with Crippen molar-refractivity contribution in [2.75, 3.05) is 0 Å². The molecule has 2 aromatic rings. The fraction of sp³-hybridized carbons (Fsp3) is 0.250. The molecule has 6 nitrogen and oxygen atoms in total. The second-order valence-electron chi connectivity index (χ2n) is 4.09. The molecule has 0 unspecified atom stereocenters. The number of ether oxygens (including phenoxy) is 1. The van der Waals surface area contributed by atoms with Gasteiger partial charge in [-0.3, -0.25) is 9.78 Å². The van der Waals surface area contributed by atoms with Gasteiger partial charge in [-0.25, -0.2) is 9.59 Å². The van der Waals surface area contributed by atoms with Gasteiger partial charge in [-0.2, -0.15) is 0 Å². The van der Waals surface area contributed by atoms with Crippen LogP contribution < -0.4 is 11.2 Å². The molecule has 1 aromatic heterocycles. The Hall–Kier alpha value is -2.37. The molecule has 94 valence electrons. The number of rotatable bonds is 2. The van der Waals surface area contributed by atoms with Crippen LogP contribution in [-0.2, 0) is 4.74 Å². The van der Waals surface area contributed by atoms with E-state index in [9.17, 15) is 14.4 Å². The number of aromatic nitrogens is 2. The van der Waals surface area contributed by atoms with E-state index < -0.39 is 17.2 Å². The molecule has 0 radical (unpaired) electrons. The Morgan fingerprint density at radius 1 is 1.22 bits per heavy atom. The maximum Gasteiger partial charge on any atom is 0.339 e. The first-order valence-electron chi connectivity index (χ1n) is 5.45. The van der Waals surface area contributed by atoms with Crippen LogP contribution in [0.25, 0.3) is 10.9 Å². The number of fused-ring (bicyclic) bond motifs is 1. The van der Waals surface area contributed by atoms with Crippen molar-refractivity contribution >= 4 is 16.9 Å².